The average molecular weight is 183 g/mol. The second kappa shape index (κ2) is 4.99. The quantitative estimate of drug-likeness (QED) is 0.645. The first-order valence-corrected chi connectivity index (χ1v) is 5.89. The van der Waals surface area contributed by atoms with Crippen molar-refractivity contribution in [1.29, 1.82) is 0 Å². The smallest absolute Gasteiger partial charge is 0.0203 e. The van der Waals surface area contributed by atoms with Crippen molar-refractivity contribution >= 4 is 0 Å². The monoisotopic (exact) mass is 183 g/mol. The number of unbranched alkanes of at least 4 members (excludes halogenated alkanes) is 1. The van der Waals surface area contributed by atoms with Gasteiger partial charge in [0.2, 0.25) is 0 Å². The summed E-state index contributed by atoms with van der Waals surface area (Å²) in [6.45, 7) is 2.30. The van der Waals surface area contributed by atoms with Crippen LogP contribution in [0.5, 0.6) is 0 Å². The zero-order valence-electron chi connectivity index (χ0n) is 9.60. The molecule has 0 N–H and O–H groups in total. The minimum atomic E-state index is 0.564. The van der Waals surface area contributed by atoms with E-state index in [0.29, 0.717) is 5.54 Å². The minimum Gasteiger partial charge on any atom is -0.304 e. The van der Waals surface area contributed by atoms with Gasteiger partial charge in [-0.15, -0.1) is 0 Å². The summed E-state index contributed by atoms with van der Waals surface area (Å²) < 4.78 is 0. The SMILES string of the molecule is CCCCC1(N(C)C)CCCCC1. The van der Waals surface area contributed by atoms with Crippen molar-refractivity contribution in [2.45, 2.75) is 63.8 Å². The van der Waals surface area contributed by atoms with Crippen LogP contribution >= 0.6 is 0 Å². The van der Waals surface area contributed by atoms with Gasteiger partial charge in [0.15, 0.2) is 0 Å². The van der Waals surface area contributed by atoms with E-state index in [9.17, 15) is 0 Å². The van der Waals surface area contributed by atoms with Crippen molar-refractivity contribution in [3.05, 3.63) is 0 Å². The molecule has 0 heterocycles. The molecule has 1 heteroatoms. The lowest BCUT2D eigenvalue weighted by Gasteiger charge is -2.43. The highest BCUT2D eigenvalue weighted by molar-refractivity contribution is 4.90. The molecule has 78 valence electrons. The molecule has 1 aliphatic carbocycles. The molecular weight excluding hydrogens is 158 g/mol. The maximum absolute atomic E-state index is 2.49. The van der Waals surface area contributed by atoms with Gasteiger partial charge >= 0.3 is 0 Å². The fourth-order valence-electron chi connectivity index (χ4n) is 2.64. The molecule has 0 saturated heterocycles. The Bertz CT molecular complexity index is 134. The minimum absolute atomic E-state index is 0.564. The molecule has 0 aromatic heterocycles. The summed E-state index contributed by atoms with van der Waals surface area (Å²) in [5, 5.41) is 0. The Kier molecular flexibility index (Phi) is 4.24. The van der Waals surface area contributed by atoms with Crippen molar-refractivity contribution < 1.29 is 0 Å². The normalized spacial score (nSPS) is 22.2. The molecule has 1 saturated carbocycles. The fourth-order valence-corrected chi connectivity index (χ4v) is 2.64. The Balaban J connectivity index is 2.51. The van der Waals surface area contributed by atoms with E-state index in [1.165, 1.54) is 51.4 Å². The molecule has 1 fully saturated rings. The van der Waals surface area contributed by atoms with Crippen LogP contribution in [-0.2, 0) is 0 Å². The Morgan fingerprint density at radius 2 is 1.69 bits per heavy atom. The second-order valence-corrected chi connectivity index (χ2v) is 4.78. The van der Waals surface area contributed by atoms with Crippen LogP contribution in [0, 0.1) is 0 Å². The summed E-state index contributed by atoms with van der Waals surface area (Å²) in [6.07, 6.45) is 11.4. The topological polar surface area (TPSA) is 3.24 Å². The summed E-state index contributed by atoms with van der Waals surface area (Å²) in [5.41, 5.74) is 0.564. The Hall–Kier alpha value is -0.0400. The van der Waals surface area contributed by atoms with Crippen LogP contribution < -0.4 is 0 Å². The lowest BCUT2D eigenvalue weighted by atomic mass is 9.77. The van der Waals surface area contributed by atoms with E-state index in [1.807, 2.05) is 0 Å². The van der Waals surface area contributed by atoms with Gasteiger partial charge in [-0.1, -0.05) is 39.0 Å². The lowest BCUT2D eigenvalue weighted by molar-refractivity contribution is 0.0879. The van der Waals surface area contributed by atoms with E-state index in [2.05, 4.69) is 25.9 Å². The molecule has 0 aromatic carbocycles. The van der Waals surface area contributed by atoms with Crippen LogP contribution in [-0.4, -0.2) is 24.5 Å². The molecule has 0 aromatic rings. The lowest BCUT2D eigenvalue weighted by Crippen LogP contribution is -2.45. The van der Waals surface area contributed by atoms with Crippen LogP contribution in [0.2, 0.25) is 0 Å². The predicted octanol–water partition coefficient (Wildman–Crippen LogP) is 3.44. The first kappa shape index (κ1) is 11.0. The van der Waals surface area contributed by atoms with E-state index in [0.717, 1.165) is 0 Å². The summed E-state index contributed by atoms with van der Waals surface area (Å²) in [4.78, 5) is 2.49. The molecule has 0 bridgehead atoms. The van der Waals surface area contributed by atoms with Crippen molar-refractivity contribution in [2.75, 3.05) is 14.1 Å². The highest BCUT2D eigenvalue weighted by Gasteiger charge is 2.32. The largest absolute Gasteiger partial charge is 0.304 e. The Labute approximate surface area is 83.5 Å². The Morgan fingerprint density at radius 3 is 2.15 bits per heavy atom. The van der Waals surface area contributed by atoms with E-state index < -0.39 is 0 Å². The summed E-state index contributed by atoms with van der Waals surface area (Å²) in [7, 11) is 4.53. The highest BCUT2D eigenvalue weighted by Crippen LogP contribution is 2.36. The zero-order chi connectivity index (χ0) is 9.73. The molecule has 1 nitrogen and oxygen atoms in total. The maximum atomic E-state index is 2.49. The molecule has 1 rings (SSSR count). The highest BCUT2D eigenvalue weighted by atomic mass is 15.1. The maximum Gasteiger partial charge on any atom is 0.0203 e. The summed E-state index contributed by atoms with van der Waals surface area (Å²) >= 11 is 0. The Morgan fingerprint density at radius 1 is 1.08 bits per heavy atom. The van der Waals surface area contributed by atoms with Gasteiger partial charge in [0.25, 0.3) is 0 Å². The first-order valence-electron chi connectivity index (χ1n) is 5.89. The summed E-state index contributed by atoms with van der Waals surface area (Å²) in [5.74, 6) is 0. The average Bonchev–Trinajstić information content (AvgIpc) is 2.16. The van der Waals surface area contributed by atoms with E-state index >= 15 is 0 Å². The second-order valence-electron chi connectivity index (χ2n) is 4.78. The molecule has 0 amide bonds. The van der Waals surface area contributed by atoms with Gasteiger partial charge in [-0.05, 0) is 33.4 Å². The van der Waals surface area contributed by atoms with Crippen LogP contribution in [0.25, 0.3) is 0 Å². The molecule has 1 aliphatic rings. The van der Waals surface area contributed by atoms with Gasteiger partial charge in [0, 0.05) is 5.54 Å². The van der Waals surface area contributed by atoms with Gasteiger partial charge in [0.1, 0.15) is 0 Å². The van der Waals surface area contributed by atoms with Crippen LogP contribution in [0.4, 0.5) is 0 Å². The zero-order valence-corrected chi connectivity index (χ0v) is 9.60. The van der Waals surface area contributed by atoms with E-state index in [-0.39, 0.29) is 0 Å². The summed E-state index contributed by atoms with van der Waals surface area (Å²) in [6, 6.07) is 0. The van der Waals surface area contributed by atoms with Gasteiger partial charge in [-0.3, -0.25) is 0 Å². The number of nitrogens with zero attached hydrogens (tertiary/aromatic N) is 1. The predicted molar refractivity (Wildman–Crippen MR) is 59.0 cm³/mol. The third kappa shape index (κ3) is 2.70. The third-order valence-electron chi connectivity index (χ3n) is 3.73. The first-order chi connectivity index (χ1) is 6.21. The van der Waals surface area contributed by atoms with Gasteiger partial charge in [-0.2, -0.15) is 0 Å². The molecule has 0 atom stereocenters. The van der Waals surface area contributed by atoms with Crippen LogP contribution in [0.15, 0.2) is 0 Å². The number of hydrogen-bond donors (Lipinski definition) is 0. The van der Waals surface area contributed by atoms with E-state index in [4.69, 9.17) is 0 Å². The number of hydrogen-bond acceptors (Lipinski definition) is 1. The van der Waals surface area contributed by atoms with Crippen LogP contribution in [0.3, 0.4) is 0 Å². The molecular formula is C12H25N. The molecule has 0 radical (unpaired) electrons. The third-order valence-corrected chi connectivity index (χ3v) is 3.73. The van der Waals surface area contributed by atoms with Crippen molar-refractivity contribution in [1.82, 2.24) is 4.90 Å². The van der Waals surface area contributed by atoms with Gasteiger partial charge < -0.3 is 4.90 Å². The van der Waals surface area contributed by atoms with Crippen molar-refractivity contribution in [3.8, 4) is 0 Å². The standard InChI is InChI=1S/C12H25N/c1-4-5-9-12(13(2)3)10-7-6-8-11-12/h4-11H2,1-3H3. The van der Waals surface area contributed by atoms with Gasteiger partial charge in [-0.25, -0.2) is 0 Å². The van der Waals surface area contributed by atoms with E-state index in [1.54, 1.807) is 0 Å². The molecule has 0 spiro atoms. The molecule has 0 unspecified atom stereocenters. The van der Waals surface area contributed by atoms with Gasteiger partial charge in [0.05, 0.1) is 0 Å². The van der Waals surface area contributed by atoms with Crippen molar-refractivity contribution in [3.63, 3.8) is 0 Å². The fraction of sp³-hybridized carbons (Fsp3) is 1.00. The van der Waals surface area contributed by atoms with Crippen molar-refractivity contribution in [2.24, 2.45) is 0 Å². The molecule has 0 aliphatic heterocycles. The number of rotatable bonds is 4. The van der Waals surface area contributed by atoms with Crippen LogP contribution in [0.1, 0.15) is 58.3 Å². The molecule has 13 heavy (non-hydrogen) atoms.